The minimum Gasteiger partial charge on any atom is -0.480 e. The van der Waals surface area contributed by atoms with Gasteiger partial charge in [0.25, 0.3) is 5.91 Å². The zero-order valence-corrected chi connectivity index (χ0v) is 13.7. The number of aliphatic carboxylic acids is 1. The summed E-state index contributed by atoms with van der Waals surface area (Å²) in [6, 6.07) is 3.22. The van der Waals surface area contributed by atoms with Crippen LogP contribution in [0.1, 0.15) is 40.4 Å². The molecule has 0 aliphatic carbocycles. The number of aryl methyl sites for hydroxylation is 3. The maximum absolute atomic E-state index is 12.9. The smallest absolute Gasteiger partial charge is 0.327 e. The largest absolute Gasteiger partial charge is 0.480 e. The molecule has 1 aliphatic heterocycles. The molecule has 2 unspecified atom stereocenters. The molecule has 1 N–H and O–H groups in total. The molecule has 0 saturated carbocycles. The Morgan fingerprint density at radius 3 is 2.33 bits per heavy atom. The van der Waals surface area contributed by atoms with Gasteiger partial charge in [-0.15, -0.1) is 11.8 Å². The summed E-state index contributed by atoms with van der Waals surface area (Å²) in [7, 11) is 0. The van der Waals surface area contributed by atoms with E-state index in [9.17, 15) is 14.7 Å². The lowest BCUT2D eigenvalue weighted by atomic mass is 9.98. The molecule has 1 amide bonds. The highest BCUT2D eigenvalue weighted by atomic mass is 32.2. The molecule has 4 nitrogen and oxygen atoms in total. The Hall–Kier alpha value is -1.49. The molecule has 1 heterocycles. The first-order valence-corrected chi connectivity index (χ1v) is 8.16. The summed E-state index contributed by atoms with van der Waals surface area (Å²) in [4.78, 5) is 25.9. The number of thioether (sulfide) groups is 1. The molecule has 2 atom stereocenters. The molecule has 1 aromatic rings. The first-order chi connectivity index (χ1) is 9.86. The van der Waals surface area contributed by atoms with Gasteiger partial charge in [-0.2, -0.15) is 0 Å². The third-order valence-corrected chi connectivity index (χ3v) is 5.31. The van der Waals surface area contributed by atoms with Crippen molar-refractivity contribution in [2.45, 2.75) is 45.5 Å². The summed E-state index contributed by atoms with van der Waals surface area (Å²) in [6.45, 7) is 7.80. The summed E-state index contributed by atoms with van der Waals surface area (Å²) >= 11 is 1.55. The number of nitrogens with zero attached hydrogens (tertiary/aromatic N) is 1. The highest BCUT2D eigenvalue weighted by Crippen LogP contribution is 2.33. The maximum atomic E-state index is 12.9. The Balaban J connectivity index is 2.44. The van der Waals surface area contributed by atoms with E-state index in [1.54, 1.807) is 16.7 Å². The number of hydrogen-bond donors (Lipinski definition) is 1. The number of hydrogen-bond acceptors (Lipinski definition) is 3. The fraction of sp³-hybridized carbons (Fsp3) is 0.500. The van der Waals surface area contributed by atoms with Gasteiger partial charge in [0, 0.05) is 11.3 Å². The topological polar surface area (TPSA) is 57.6 Å². The van der Waals surface area contributed by atoms with Crippen LogP contribution in [0.3, 0.4) is 0 Å². The lowest BCUT2D eigenvalue weighted by Crippen LogP contribution is -2.45. The predicted molar refractivity (Wildman–Crippen MR) is 84.8 cm³/mol. The first-order valence-electron chi connectivity index (χ1n) is 7.11. The van der Waals surface area contributed by atoms with Gasteiger partial charge in [-0.25, -0.2) is 4.79 Å². The van der Waals surface area contributed by atoms with Gasteiger partial charge in [-0.05, 0) is 38.3 Å². The van der Waals surface area contributed by atoms with Crippen LogP contribution in [0.15, 0.2) is 12.1 Å². The van der Waals surface area contributed by atoms with E-state index in [-0.39, 0.29) is 11.3 Å². The summed E-state index contributed by atoms with van der Waals surface area (Å²) < 4.78 is 0. The fourth-order valence-electron chi connectivity index (χ4n) is 2.99. The summed E-state index contributed by atoms with van der Waals surface area (Å²) in [6.07, 6.45) is 0.754. The van der Waals surface area contributed by atoms with Gasteiger partial charge in [0.1, 0.15) is 6.04 Å². The molecule has 0 radical (unpaired) electrons. The Kier molecular flexibility index (Phi) is 4.61. The normalized spacial score (nSPS) is 21.6. The minimum absolute atomic E-state index is 0.0568. The number of benzene rings is 1. The van der Waals surface area contributed by atoms with Crippen molar-refractivity contribution < 1.29 is 14.7 Å². The number of rotatable bonds is 3. The van der Waals surface area contributed by atoms with Crippen molar-refractivity contribution in [2.75, 3.05) is 5.75 Å². The van der Waals surface area contributed by atoms with Gasteiger partial charge in [-0.3, -0.25) is 4.79 Å². The zero-order valence-electron chi connectivity index (χ0n) is 12.8. The summed E-state index contributed by atoms with van der Waals surface area (Å²) in [5, 5.41) is 9.31. The van der Waals surface area contributed by atoms with Crippen molar-refractivity contribution >= 4 is 23.6 Å². The molecular formula is C16H21NO3S. The molecule has 5 heteroatoms. The Labute approximate surface area is 129 Å². The molecular weight excluding hydrogens is 286 g/mol. The maximum Gasteiger partial charge on any atom is 0.327 e. The monoisotopic (exact) mass is 307 g/mol. The molecule has 0 spiro atoms. The quantitative estimate of drug-likeness (QED) is 0.932. The van der Waals surface area contributed by atoms with Gasteiger partial charge in [-0.1, -0.05) is 24.6 Å². The molecule has 1 saturated heterocycles. The average Bonchev–Trinajstić information content (AvgIpc) is 2.80. The molecule has 1 fully saturated rings. The molecule has 1 aliphatic rings. The minimum atomic E-state index is -0.922. The van der Waals surface area contributed by atoms with Crippen LogP contribution in [0.4, 0.5) is 0 Å². The van der Waals surface area contributed by atoms with Crippen LogP contribution in [0.2, 0.25) is 0 Å². The Bertz CT molecular complexity index is 562. The van der Waals surface area contributed by atoms with E-state index in [1.165, 1.54) is 0 Å². The number of carboxylic acids is 1. The van der Waals surface area contributed by atoms with Gasteiger partial charge in [0.05, 0.1) is 5.37 Å². The van der Waals surface area contributed by atoms with Crippen molar-refractivity contribution in [2.24, 2.45) is 0 Å². The van der Waals surface area contributed by atoms with Crippen LogP contribution in [-0.2, 0) is 4.79 Å². The van der Waals surface area contributed by atoms with Crippen molar-refractivity contribution in [1.29, 1.82) is 0 Å². The first kappa shape index (κ1) is 15.9. The van der Waals surface area contributed by atoms with Crippen molar-refractivity contribution in [1.82, 2.24) is 4.90 Å². The third kappa shape index (κ3) is 2.93. The van der Waals surface area contributed by atoms with Crippen LogP contribution in [0, 0.1) is 20.8 Å². The lowest BCUT2D eigenvalue weighted by Gasteiger charge is -2.28. The molecule has 0 bridgehead atoms. The second-order valence-electron chi connectivity index (χ2n) is 5.54. The van der Waals surface area contributed by atoms with E-state index in [1.807, 2.05) is 39.8 Å². The predicted octanol–water partition coefficient (Wildman–Crippen LogP) is 2.99. The van der Waals surface area contributed by atoms with Gasteiger partial charge < -0.3 is 10.0 Å². The highest BCUT2D eigenvalue weighted by Gasteiger charge is 2.41. The van der Waals surface area contributed by atoms with E-state index in [2.05, 4.69) is 0 Å². The average molecular weight is 307 g/mol. The number of carbonyl (C=O) groups is 2. The molecule has 1 aromatic carbocycles. The summed E-state index contributed by atoms with van der Waals surface area (Å²) in [5.74, 6) is -0.618. The lowest BCUT2D eigenvalue weighted by molar-refractivity contribution is -0.141. The van der Waals surface area contributed by atoms with E-state index < -0.39 is 12.0 Å². The van der Waals surface area contributed by atoms with Crippen LogP contribution >= 0.6 is 11.8 Å². The number of carbonyl (C=O) groups excluding carboxylic acids is 1. The van der Waals surface area contributed by atoms with Crippen LogP contribution < -0.4 is 0 Å². The van der Waals surface area contributed by atoms with Crippen LogP contribution in [-0.4, -0.2) is 39.1 Å². The van der Waals surface area contributed by atoms with Gasteiger partial charge in [0.2, 0.25) is 0 Å². The Morgan fingerprint density at radius 2 is 1.86 bits per heavy atom. The zero-order chi connectivity index (χ0) is 15.7. The second kappa shape index (κ2) is 6.10. The van der Waals surface area contributed by atoms with Crippen molar-refractivity contribution in [3.05, 3.63) is 34.4 Å². The molecule has 2 rings (SSSR count). The standard InChI is InChI=1S/C16H21NO3S/c1-5-13-17(12(8-21-13)16(19)20)15(18)14-10(3)6-9(2)7-11(14)4/h6-7,12-13H,5,8H2,1-4H3,(H,19,20). The van der Waals surface area contributed by atoms with E-state index >= 15 is 0 Å². The molecule has 0 aromatic heterocycles. The number of carboxylic acid groups (broad SMARTS) is 1. The molecule has 21 heavy (non-hydrogen) atoms. The second-order valence-corrected chi connectivity index (χ2v) is 6.75. The van der Waals surface area contributed by atoms with E-state index in [4.69, 9.17) is 0 Å². The van der Waals surface area contributed by atoms with E-state index in [0.717, 1.165) is 23.1 Å². The highest BCUT2D eigenvalue weighted by molar-refractivity contribution is 8.00. The van der Waals surface area contributed by atoms with Gasteiger partial charge >= 0.3 is 5.97 Å². The van der Waals surface area contributed by atoms with Crippen LogP contribution in [0.5, 0.6) is 0 Å². The fourth-order valence-corrected chi connectivity index (χ4v) is 4.33. The molecule has 114 valence electrons. The van der Waals surface area contributed by atoms with Crippen molar-refractivity contribution in [3.8, 4) is 0 Å². The van der Waals surface area contributed by atoms with Crippen molar-refractivity contribution in [3.63, 3.8) is 0 Å². The summed E-state index contributed by atoms with van der Waals surface area (Å²) in [5.41, 5.74) is 3.58. The SMILES string of the molecule is CCC1SCC(C(=O)O)N1C(=O)c1c(C)cc(C)cc1C. The van der Waals surface area contributed by atoms with Crippen LogP contribution in [0.25, 0.3) is 0 Å². The third-order valence-electron chi connectivity index (χ3n) is 3.85. The number of amides is 1. The van der Waals surface area contributed by atoms with Gasteiger partial charge in [0.15, 0.2) is 0 Å². The Morgan fingerprint density at radius 1 is 1.29 bits per heavy atom. The van der Waals surface area contributed by atoms with E-state index in [0.29, 0.717) is 11.3 Å².